The minimum atomic E-state index is -0.563. The minimum absolute atomic E-state index is 0.0752. The number of urea groups is 1. The van der Waals surface area contributed by atoms with Crippen molar-refractivity contribution in [3.05, 3.63) is 0 Å². The molecule has 26 heavy (non-hydrogen) atoms. The van der Waals surface area contributed by atoms with Gasteiger partial charge in [0.15, 0.2) is 0 Å². The fraction of sp³-hybridized carbons (Fsp3) is 0.833. The first-order valence-electron chi connectivity index (χ1n) is 9.56. The van der Waals surface area contributed by atoms with Crippen LogP contribution in [-0.4, -0.2) is 48.3 Å². The molecule has 0 aliphatic heterocycles. The topological polar surface area (TPSA) is 109 Å². The Morgan fingerprint density at radius 3 is 2.08 bits per heavy atom. The van der Waals surface area contributed by atoms with Crippen LogP contribution in [-0.2, 0) is 9.53 Å². The Bertz CT molecular complexity index is 514. The first kappa shape index (κ1) is 20.3. The van der Waals surface area contributed by atoms with Crippen LogP contribution in [0.4, 0.5) is 9.59 Å². The van der Waals surface area contributed by atoms with E-state index < -0.39 is 11.7 Å². The molecule has 2 fully saturated rings. The van der Waals surface area contributed by atoms with Gasteiger partial charge < -0.3 is 26.0 Å². The molecule has 2 atom stereocenters. The lowest BCUT2D eigenvalue weighted by Crippen LogP contribution is -2.54. The maximum atomic E-state index is 12.2. The molecular weight excluding hydrogens is 336 g/mol. The third-order valence-electron chi connectivity index (χ3n) is 4.39. The van der Waals surface area contributed by atoms with Crippen molar-refractivity contribution in [2.24, 2.45) is 0 Å². The van der Waals surface area contributed by atoms with E-state index >= 15 is 0 Å². The second-order valence-corrected chi connectivity index (χ2v) is 8.17. The monoisotopic (exact) mass is 368 g/mol. The predicted octanol–water partition coefficient (Wildman–Crippen LogP) is 1.79. The summed E-state index contributed by atoms with van der Waals surface area (Å²) in [6.07, 6.45) is 6.17. The second-order valence-electron chi connectivity index (χ2n) is 8.17. The highest BCUT2D eigenvalue weighted by Gasteiger charge is 2.28. The first-order valence-corrected chi connectivity index (χ1v) is 9.56. The van der Waals surface area contributed by atoms with Crippen LogP contribution in [0.3, 0.4) is 0 Å². The van der Waals surface area contributed by atoms with E-state index in [9.17, 15) is 14.4 Å². The number of alkyl carbamates (subject to hydrolysis) is 1. The Balaban J connectivity index is 1.81. The normalized spacial score (nSPS) is 23.3. The summed E-state index contributed by atoms with van der Waals surface area (Å²) in [5.41, 5.74) is -0.563. The third kappa shape index (κ3) is 7.93. The SMILES string of the molecule is CC(C)(C)OC(=O)N[C@@H]1CCCCC[C@H]1NC(=O)CNC(=O)NC1CC1. The van der Waals surface area contributed by atoms with Crippen molar-refractivity contribution in [1.29, 1.82) is 0 Å². The molecule has 8 nitrogen and oxygen atoms in total. The van der Waals surface area contributed by atoms with E-state index in [1.807, 2.05) is 20.8 Å². The standard InChI is InChI=1S/C18H32N4O4/c1-18(2,3)26-17(25)22-14-8-6-4-5-7-13(14)21-15(23)11-19-16(24)20-12-9-10-12/h12-14H,4-11H2,1-3H3,(H,21,23)(H,22,25)(H2,19,20,24)/t13-,14-/m1/s1. The molecule has 148 valence electrons. The van der Waals surface area contributed by atoms with E-state index in [0.717, 1.165) is 44.9 Å². The highest BCUT2D eigenvalue weighted by atomic mass is 16.6. The van der Waals surface area contributed by atoms with Crippen molar-refractivity contribution in [2.45, 2.75) is 89.4 Å². The zero-order valence-electron chi connectivity index (χ0n) is 16.0. The van der Waals surface area contributed by atoms with Crippen LogP contribution in [0.1, 0.15) is 65.7 Å². The van der Waals surface area contributed by atoms with Gasteiger partial charge in [-0.05, 0) is 46.5 Å². The lowest BCUT2D eigenvalue weighted by Gasteiger charge is -2.28. The molecule has 0 aromatic rings. The van der Waals surface area contributed by atoms with Crippen LogP contribution < -0.4 is 21.3 Å². The highest BCUT2D eigenvalue weighted by Crippen LogP contribution is 2.19. The van der Waals surface area contributed by atoms with Gasteiger partial charge >= 0.3 is 12.1 Å². The van der Waals surface area contributed by atoms with Crippen molar-refractivity contribution >= 4 is 18.0 Å². The number of amides is 4. The summed E-state index contributed by atoms with van der Waals surface area (Å²) in [7, 11) is 0. The van der Waals surface area contributed by atoms with Gasteiger partial charge in [-0.1, -0.05) is 19.3 Å². The summed E-state index contributed by atoms with van der Waals surface area (Å²) in [5, 5.41) is 11.2. The largest absolute Gasteiger partial charge is 0.444 e. The fourth-order valence-corrected chi connectivity index (χ4v) is 2.99. The molecule has 0 bridgehead atoms. The van der Waals surface area contributed by atoms with Crippen LogP contribution in [0.5, 0.6) is 0 Å². The highest BCUT2D eigenvalue weighted by molar-refractivity contribution is 5.84. The van der Waals surface area contributed by atoms with E-state index in [4.69, 9.17) is 4.74 Å². The number of ether oxygens (including phenoxy) is 1. The lowest BCUT2D eigenvalue weighted by atomic mass is 10.0. The van der Waals surface area contributed by atoms with Gasteiger partial charge in [0.25, 0.3) is 0 Å². The molecule has 4 N–H and O–H groups in total. The van der Waals surface area contributed by atoms with Crippen LogP contribution in [0.2, 0.25) is 0 Å². The maximum Gasteiger partial charge on any atom is 0.407 e. The molecule has 2 aliphatic rings. The van der Waals surface area contributed by atoms with Gasteiger partial charge in [0.2, 0.25) is 5.91 Å². The smallest absolute Gasteiger partial charge is 0.407 e. The number of carbonyl (C=O) groups is 3. The maximum absolute atomic E-state index is 12.2. The van der Waals surface area contributed by atoms with Gasteiger partial charge in [-0.3, -0.25) is 4.79 Å². The van der Waals surface area contributed by atoms with Gasteiger partial charge in [-0.15, -0.1) is 0 Å². The number of hydrogen-bond acceptors (Lipinski definition) is 4. The van der Waals surface area contributed by atoms with Crippen molar-refractivity contribution in [3.8, 4) is 0 Å². The number of nitrogens with one attached hydrogen (secondary N) is 4. The van der Waals surface area contributed by atoms with Crippen molar-refractivity contribution in [3.63, 3.8) is 0 Å². The third-order valence-corrected chi connectivity index (χ3v) is 4.39. The average molecular weight is 368 g/mol. The van der Waals surface area contributed by atoms with E-state index in [1.165, 1.54) is 0 Å². The second kappa shape index (κ2) is 9.09. The summed E-state index contributed by atoms with van der Waals surface area (Å²) >= 11 is 0. The molecule has 0 heterocycles. The quantitative estimate of drug-likeness (QED) is 0.555. The van der Waals surface area contributed by atoms with Crippen molar-refractivity contribution in [2.75, 3.05) is 6.54 Å². The van der Waals surface area contributed by atoms with Gasteiger partial charge in [-0.25, -0.2) is 9.59 Å². The van der Waals surface area contributed by atoms with Crippen molar-refractivity contribution < 1.29 is 19.1 Å². The molecule has 2 saturated carbocycles. The minimum Gasteiger partial charge on any atom is -0.444 e. The Hall–Kier alpha value is -1.99. The Labute approximate surface area is 155 Å². The molecule has 0 spiro atoms. The molecule has 0 unspecified atom stereocenters. The van der Waals surface area contributed by atoms with Gasteiger partial charge in [0, 0.05) is 12.1 Å². The lowest BCUT2D eigenvalue weighted by molar-refractivity contribution is -0.121. The molecule has 2 rings (SSSR count). The molecule has 0 radical (unpaired) electrons. The Morgan fingerprint density at radius 2 is 1.50 bits per heavy atom. The average Bonchev–Trinajstić information content (AvgIpc) is 3.33. The predicted molar refractivity (Wildman–Crippen MR) is 97.7 cm³/mol. The van der Waals surface area contributed by atoms with E-state index in [0.29, 0.717) is 0 Å². The Morgan fingerprint density at radius 1 is 0.885 bits per heavy atom. The summed E-state index contributed by atoms with van der Waals surface area (Å²) < 4.78 is 5.33. The van der Waals surface area contributed by atoms with Crippen LogP contribution >= 0.6 is 0 Å². The molecule has 8 heteroatoms. The van der Waals surface area contributed by atoms with Gasteiger partial charge in [0.1, 0.15) is 5.60 Å². The van der Waals surface area contributed by atoms with Crippen LogP contribution in [0.25, 0.3) is 0 Å². The van der Waals surface area contributed by atoms with Crippen LogP contribution in [0.15, 0.2) is 0 Å². The van der Waals surface area contributed by atoms with E-state index in [2.05, 4.69) is 21.3 Å². The number of carbonyl (C=O) groups excluding carboxylic acids is 3. The fourth-order valence-electron chi connectivity index (χ4n) is 2.99. The zero-order chi connectivity index (χ0) is 19.2. The Kier molecular flexibility index (Phi) is 7.11. The zero-order valence-corrected chi connectivity index (χ0v) is 16.0. The number of hydrogen-bond donors (Lipinski definition) is 4. The van der Waals surface area contributed by atoms with E-state index in [-0.39, 0.29) is 36.6 Å². The van der Waals surface area contributed by atoms with Gasteiger partial charge in [0.05, 0.1) is 12.6 Å². The van der Waals surface area contributed by atoms with Gasteiger partial charge in [-0.2, -0.15) is 0 Å². The summed E-state index contributed by atoms with van der Waals surface area (Å²) in [6.45, 7) is 5.38. The molecule has 4 amide bonds. The van der Waals surface area contributed by atoms with E-state index in [1.54, 1.807) is 0 Å². The van der Waals surface area contributed by atoms with Crippen LogP contribution in [0, 0.1) is 0 Å². The first-order chi connectivity index (χ1) is 12.2. The summed E-state index contributed by atoms with van der Waals surface area (Å²) in [4.78, 5) is 35.9. The molecule has 0 aromatic heterocycles. The summed E-state index contributed by atoms with van der Waals surface area (Å²) in [5.74, 6) is -0.251. The molecule has 0 aromatic carbocycles. The molecule has 0 saturated heterocycles. The summed E-state index contributed by atoms with van der Waals surface area (Å²) in [6, 6.07) is -0.392. The molecular formula is C18H32N4O4. The number of rotatable bonds is 5. The van der Waals surface area contributed by atoms with Crippen molar-refractivity contribution in [1.82, 2.24) is 21.3 Å². The molecule has 2 aliphatic carbocycles.